The SMILES string of the molecule is [2H]C1([2H])OC(N)=NC12c1cc(-c3cncc(Cl)c3)ccc1C[C@]21CC[C@@H](OC)CC1. The minimum Gasteiger partial charge on any atom is -0.462 e. The number of halogens is 1. The monoisotopic (exact) mass is 399 g/mol. The van der Waals surface area contributed by atoms with Crippen LogP contribution in [0.2, 0.25) is 5.02 Å². The standard InChI is InChI=1S/C22H24ClN3O2/c1-27-18-4-6-21(7-5-18)10-15-3-2-14(16-8-17(23)12-25-11-16)9-19(15)22(21)13-28-20(24)26-22/h2-3,8-9,11-12,18H,4-7,10,13H2,1H3,(H2,24,26)/t18-,21-,22?/i13D2. The molecule has 2 spiro atoms. The molecule has 1 unspecified atom stereocenters. The highest BCUT2D eigenvalue weighted by molar-refractivity contribution is 6.30. The van der Waals surface area contributed by atoms with Crippen molar-refractivity contribution in [2.45, 2.75) is 43.7 Å². The van der Waals surface area contributed by atoms with Crippen LogP contribution in [-0.4, -0.2) is 30.8 Å². The fraction of sp³-hybridized carbons (Fsp3) is 0.455. The molecule has 1 aliphatic heterocycles. The van der Waals surface area contributed by atoms with Crippen molar-refractivity contribution in [1.82, 2.24) is 4.98 Å². The van der Waals surface area contributed by atoms with Crippen molar-refractivity contribution in [3.8, 4) is 11.1 Å². The maximum Gasteiger partial charge on any atom is 0.283 e. The summed E-state index contributed by atoms with van der Waals surface area (Å²) in [7, 11) is 1.74. The van der Waals surface area contributed by atoms with Gasteiger partial charge in [0.15, 0.2) is 0 Å². The van der Waals surface area contributed by atoms with Gasteiger partial charge in [0.25, 0.3) is 6.02 Å². The molecule has 3 aliphatic rings. The number of rotatable bonds is 2. The molecule has 28 heavy (non-hydrogen) atoms. The predicted molar refractivity (Wildman–Crippen MR) is 109 cm³/mol. The van der Waals surface area contributed by atoms with E-state index >= 15 is 0 Å². The van der Waals surface area contributed by atoms with Crippen molar-refractivity contribution in [1.29, 1.82) is 0 Å². The first-order valence-electron chi connectivity index (χ1n) is 10.6. The summed E-state index contributed by atoms with van der Waals surface area (Å²) in [4.78, 5) is 8.90. The molecule has 2 heterocycles. The molecule has 5 nitrogen and oxygen atoms in total. The van der Waals surface area contributed by atoms with Gasteiger partial charge in [0.1, 0.15) is 12.1 Å². The number of benzene rings is 1. The lowest BCUT2D eigenvalue weighted by molar-refractivity contribution is -0.00983. The number of ether oxygens (including phenoxy) is 2. The summed E-state index contributed by atoms with van der Waals surface area (Å²) < 4.78 is 28.8. The Labute approximate surface area is 172 Å². The van der Waals surface area contributed by atoms with Gasteiger partial charge in [0, 0.05) is 30.5 Å². The lowest BCUT2D eigenvalue weighted by atomic mass is 9.62. The van der Waals surface area contributed by atoms with Crippen molar-refractivity contribution >= 4 is 17.6 Å². The van der Waals surface area contributed by atoms with Crippen LogP contribution in [0.3, 0.4) is 0 Å². The van der Waals surface area contributed by atoms with Crippen molar-refractivity contribution in [3.63, 3.8) is 0 Å². The Bertz CT molecular complexity index is 1040. The number of aromatic nitrogens is 1. The van der Waals surface area contributed by atoms with Crippen LogP contribution < -0.4 is 5.73 Å². The average molecular weight is 400 g/mol. The highest BCUT2D eigenvalue weighted by Gasteiger charge is 2.61. The number of hydrogen-bond donors (Lipinski definition) is 1. The van der Waals surface area contributed by atoms with Gasteiger partial charge in [-0.25, -0.2) is 4.99 Å². The highest BCUT2D eigenvalue weighted by atomic mass is 35.5. The Balaban J connectivity index is 1.68. The number of amidine groups is 1. The predicted octanol–water partition coefficient (Wildman–Crippen LogP) is 4.07. The van der Waals surface area contributed by atoms with E-state index in [1.54, 1.807) is 19.5 Å². The lowest BCUT2D eigenvalue weighted by Gasteiger charge is -2.45. The quantitative estimate of drug-likeness (QED) is 0.826. The Morgan fingerprint density at radius 2 is 2.07 bits per heavy atom. The minimum atomic E-state index is -2.03. The average Bonchev–Trinajstić information content (AvgIpc) is 3.13. The van der Waals surface area contributed by atoms with E-state index in [4.69, 9.17) is 34.5 Å². The molecule has 146 valence electrons. The molecule has 1 aromatic carbocycles. The molecule has 1 saturated carbocycles. The number of nitrogens with zero attached hydrogens (tertiary/aromatic N) is 2. The summed E-state index contributed by atoms with van der Waals surface area (Å²) in [6.45, 7) is -2.03. The van der Waals surface area contributed by atoms with Gasteiger partial charge in [-0.05, 0) is 60.9 Å². The molecule has 1 atom stereocenters. The van der Waals surface area contributed by atoms with Crippen LogP contribution in [0.5, 0.6) is 0 Å². The molecule has 5 rings (SSSR count). The fourth-order valence-electron chi connectivity index (χ4n) is 5.19. The fourth-order valence-corrected chi connectivity index (χ4v) is 5.37. The molecule has 0 bridgehead atoms. The van der Waals surface area contributed by atoms with Gasteiger partial charge in [-0.3, -0.25) is 4.98 Å². The molecule has 0 radical (unpaired) electrons. The van der Waals surface area contributed by atoms with Crippen LogP contribution in [0.1, 0.15) is 39.6 Å². The normalized spacial score (nSPS) is 33.9. The van der Waals surface area contributed by atoms with Gasteiger partial charge < -0.3 is 15.2 Å². The summed E-state index contributed by atoms with van der Waals surface area (Å²) >= 11 is 6.15. The smallest absolute Gasteiger partial charge is 0.283 e. The van der Waals surface area contributed by atoms with Crippen molar-refractivity contribution in [2.75, 3.05) is 13.7 Å². The summed E-state index contributed by atoms with van der Waals surface area (Å²) in [6, 6.07) is 7.90. The largest absolute Gasteiger partial charge is 0.462 e. The third-order valence-electron chi connectivity index (χ3n) is 6.64. The van der Waals surface area contributed by atoms with E-state index in [-0.39, 0.29) is 12.1 Å². The van der Waals surface area contributed by atoms with Crippen LogP contribution in [0.15, 0.2) is 41.7 Å². The summed E-state index contributed by atoms with van der Waals surface area (Å²) in [5.74, 6) is 0. The summed E-state index contributed by atoms with van der Waals surface area (Å²) in [6.07, 6.45) is 7.61. The number of aliphatic imine (C=N–C) groups is 1. The van der Waals surface area contributed by atoms with Crippen LogP contribution in [-0.2, 0) is 21.4 Å². The van der Waals surface area contributed by atoms with Crippen molar-refractivity contribution in [2.24, 2.45) is 16.1 Å². The number of nitrogens with two attached hydrogens (primary N) is 1. The number of methoxy groups -OCH3 is 1. The number of fused-ring (bicyclic) bond motifs is 3. The van der Waals surface area contributed by atoms with E-state index in [1.807, 2.05) is 18.2 Å². The zero-order valence-corrected chi connectivity index (χ0v) is 16.5. The summed E-state index contributed by atoms with van der Waals surface area (Å²) in [5, 5.41) is 0.555. The Hall–Kier alpha value is -2.11. The van der Waals surface area contributed by atoms with Gasteiger partial charge >= 0.3 is 0 Å². The second-order valence-electron chi connectivity index (χ2n) is 8.02. The van der Waals surface area contributed by atoms with Gasteiger partial charge in [0.05, 0.1) is 13.9 Å². The van der Waals surface area contributed by atoms with E-state index < -0.39 is 17.5 Å². The molecule has 2 N–H and O–H groups in total. The van der Waals surface area contributed by atoms with E-state index in [1.165, 1.54) is 0 Å². The summed E-state index contributed by atoms with van der Waals surface area (Å²) in [5.41, 5.74) is 8.12. The van der Waals surface area contributed by atoms with Crippen LogP contribution >= 0.6 is 11.6 Å². The van der Waals surface area contributed by atoms with E-state index in [9.17, 15) is 0 Å². The first-order valence-corrected chi connectivity index (χ1v) is 9.99. The van der Waals surface area contributed by atoms with Gasteiger partial charge in [0.2, 0.25) is 0 Å². The van der Waals surface area contributed by atoms with Crippen molar-refractivity contribution < 1.29 is 12.2 Å². The van der Waals surface area contributed by atoms with Crippen LogP contribution in [0.4, 0.5) is 0 Å². The lowest BCUT2D eigenvalue weighted by Crippen LogP contribution is -2.46. The Kier molecular flexibility index (Phi) is 3.64. The highest BCUT2D eigenvalue weighted by Crippen LogP contribution is 2.61. The van der Waals surface area contributed by atoms with E-state index in [2.05, 4.69) is 11.1 Å². The van der Waals surface area contributed by atoms with E-state index in [0.717, 1.165) is 54.4 Å². The van der Waals surface area contributed by atoms with Gasteiger partial charge in [-0.1, -0.05) is 23.7 Å². The maximum absolute atomic E-state index is 8.84. The zero-order valence-electron chi connectivity index (χ0n) is 17.7. The van der Waals surface area contributed by atoms with Gasteiger partial charge in [-0.2, -0.15) is 0 Å². The van der Waals surface area contributed by atoms with Crippen LogP contribution in [0, 0.1) is 5.41 Å². The molecule has 0 amide bonds. The molecule has 2 aliphatic carbocycles. The second kappa shape index (κ2) is 6.46. The number of pyridine rings is 1. The molecular formula is C22H24ClN3O2. The topological polar surface area (TPSA) is 69.7 Å². The molecule has 6 heteroatoms. The Morgan fingerprint density at radius 3 is 2.75 bits per heavy atom. The van der Waals surface area contributed by atoms with Crippen molar-refractivity contribution in [3.05, 3.63) is 52.8 Å². The van der Waals surface area contributed by atoms with E-state index in [0.29, 0.717) is 5.02 Å². The maximum atomic E-state index is 8.84. The molecule has 1 fully saturated rings. The molecular weight excluding hydrogens is 374 g/mol. The minimum absolute atomic E-state index is 0.0871. The third kappa shape index (κ3) is 2.56. The van der Waals surface area contributed by atoms with Gasteiger partial charge in [-0.15, -0.1) is 0 Å². The molecule has 2 aromatic rings. The zero-order chi connectivity index (χ0) is 21.1. The number of hydrogen-bond acceptors (Lipinski definition) is 5. The first-order chi connectivity index (χ1) is 14.3. The second-order valence-corrected chi connectivity index (χ2v) is 8.46. The first kappa shape index (κ1) is 15.8. The molecule has 1 aromatic heterocycles. The third-order valence-corrected chi connectivity index (χ3v) is 6.85. The van der Waals surface area contributed by atoms with Crippen LogP contribution in [0.25, 0.3) is 11.1 Å². The Morgan fingerprint density at radius 1 is 1.25 bits per heavy atom. The molecule has 0 saturated heterocycles.